The predicted octanol–water partition coefficient (Wildman–Crippen LogP) is 3.02. The second-order valence-electron chi connectivity index (χ2n) is 2.08. The molecule has 1 aromatic carbocycles. The van der Waals surface area contributed by atoms with Gasteiger partial charge >= 0.3 is 0 Å². The van der Waals surface area contributed by atoms with Gasteiger partial charge in [0, 0.05) is 3.57 Å². The standard InChI is InChI=1S/C9H9I/c1-2-5-8-6-3-4-7-9(8)10/h2-4,6-7H,1,5H2. The zero-order chi connectivity index (χ0) is 7.40. The Balaban J connectivity index is 2.91. The van der Waals surface area contributed by atoms with Crippen LogP contribution in [0, 0.1) is 3.57 Å². The first kappa shape index (κ1) is 7.79. The summed E-state index contributed by atoms with van der Waals surface area (Å²) in [4.78, 5) is 0. The van der Waals surface area contributed by atoms with Gasteiger partial charge in [0.05, 0.1) is 0 Å². The second kappa shape index (κ2) is 3.76. The van der Waals surface area contributed by atoms with E-state index in [1.165, 1.54) is 9.13 Å². The Morgan fingerprint density at radius 3 is 2.70 bits per heavy atom. The van der Waals surface area contributed by atoms with E-state index in [1.54, 1.807) is 0 Å². The highest BCUT2D eigenvalue weighted by atomic mass is 127. The number of allylic oxidation sites excluding steroid dienone is 1. The van der Waals surface area contributed by atoms with Crippen LogP contribution in [0.3, 0.4) is 0 Å². The molecule has 0 unspecified atom stereocenters. The summed E-state index contributed by atoms with van der Waals surface area (Å²) < 4.78 is 1.32. The number of benzene rings is 1. The summed E-state index contributed by atoms with van der Waals surface area (Å²) in [6.07, 6.45) is 2.90. The van der Waals surface area contributed by atoms with Crippen molar-refractivity contribution in [3.63, 3.8) is 0 Å². The molecule has 0 amide bonds. The highest BCUT2D eigenvalue weighted by Gasteiger charge is 1.92. The third-order valence-corrected chi connectivity index (χ3v) is 2.37. The smallest absolute Gasteiger partial charge is 0.0165 e. The lowest BCUT2D eigenvalue weighted by molar-refractivity contribution is 1.25. The Bertz CT molecular complexity index is 228. The molecular formula is C9H9I. The largest absolute Gasteiger partial charge is 0.103 e. The zero-order valence-electron chi connectivity index (χ0n) is 5.68. The van der Waals surface area contributed by atoms with Gasteiger partial charge in [-0.05, 0) is 40.6 Å². The summed E-state index contributed by atoms with van der Waals surface area (Å²) in [5.41, 5.74) is 1.36. The van der Waals surface area contributed by atoms with E-state index in [9.17, 15) is 0 Å². The third kappa shape index (κ3) is 1.84. The minimum absolute atomic E-state index is 0.971. The van der Waals surface area contributed by atoms with Crippen molar-refractivity contribution in [2.24, 2.45) is 0 Å². The van der Waals surface area contributed by atoms with Crippen molar-refractivity contribution in [2.75, 3.05) is 0 Å². The number of rotatable bonds is 2. The molecule has 1 heteroatoms. The van der Waals surface area contributed by atoms with Gasteiger partial charge in [-0.3, -0.25) is 0 Å². The molecule has 0 aliphatic rings. The molecule has 52 valence electrons. The molecule has 0 aliphatic heterocycles. The van der Waals surface area contributed by atoms with Crippen LogP contribution < -0.4 is 0 Å². The Kier molecular flexibility index (Phi) is 2.93. The zero-order valence-corrected chi connectivity index (χ0v) is 7.84. The molecule has 0 aliphatic carbocycles. The fourth-order valence-electron chi connectivity index (χ4n) is 0.819. The Hall–Kier alpha value is -0.310. The van der Waals surface area contributed by atoms with E-state index in [0.717, 1.165) is 6.42 Å². The minimum atomic E-state index is 0.971. The topological polar surface area (TPSA) is 0 Å². The van der Waals surface area contributed by atoms with Gasteiger partial charge in [-0.2, -0.15) is 0 Å². The maximum atomic E-state index is 3.69. The van der Waals surface area contributed by atoms with Crippen LogP contribution in [0.15, 0.2) is 36.9 Å². The van der Waals surface area contributed by atoms with Gasteiger partial charge in [-0.15, -0.1) is 6.58 Å². The Morgan fingerprint density at radius 1 is 1.40 bits per heavy atom. The van der Waals surface area contributed by atoms with Gasteiger partial charge in [-0.1, -0.05) is 24.3 Å². The summed E-state index contributed by atoms with van der Waals surface area (Å²) >= 11 is 2.34. The maximum Gasteiger partial charge on any atom is 0.0165 e. The van der Waals surface area contributed by atoms with E-state index in [2.05, 4.69) is 47.4 Å². The van der Waals surface area contributed by atoms with Crippen LogP contribution in [0.25, 0.3) is 0 Å². The van der Waals surface area contributed by atoms with Crippen LogP contribution in [0.2, 0.25) is 0 Å². The highest BCUT2D eigenvalue weighted by Crippen LogP contribution is 2.11. The van der Waals surface area contributed by atoms with Gasteiger partial charge < -0.3 is 0 Å². The number of hydrogen-bond acceptors (Lipinski definition) is 0. The normalized spacial score (nSPS) is 9.30. The van der Waals surface area contributed by atoms with Crippen LogP contribution in [0.5, 0.6) is 0 Å². The Labute approximate surface area is 75.1 Å². The molecule has 0 saturated carbocycles. The molecule has 0 nitrogen and oxygen atoms in total. The van der Waals surface area contributed by atoms with E-state index < -0.39 is 0 Å². The summed E-state index contributed by atoms with van der Waals surface area (Å²) in [5.74, 6) is 0. The molecule has 1 rings (SSSR count). The van der Waals surface area contributed by atoms with E-state index >= 15 is 0 Å². The summed E-state index contributed by atoms with van der Waals surface area (Å²) in [7, 11) is 0. The fourth-order valence-corrected chi connectivity index (χ4v) is 1.43. The number of halogens is 1. The van der Waals surface area contributed by atoms with Gasteiger partial charge in [-0.25, -0.2) is 0 Å². The lowest BCUT2D eigenvalue weighted by Crippen LogP contribution is -1.83. The second-order valence-corrected chi connectivity index (χ2v) is 3.25. The Morgan fingerprint density at radius 2 is 2.10 bits per heavy atom. The third-order valence-electron chi connectivity index (χ3n) is 1.32. The van der Waals surface area contributed by atoms with Crippen LogP contribution >= 0.6 is 22.6 Å². The summed E-state index contributed by atoms with van der Waals surface area (Å²) in [6.45, 7) is 3.69. The van der Waals surface area contributed by atoms with Gasteiger partial charge in [0.1, 0.15) is 0 Å². The average Bonchev–Trinajstić information content (AvgIpc) is 1.94. The van der Waals surface area contributed by atoms with Crippen molar-refractivity contribution in [3.8, 4) is 0 Å². The summed E-state index contributed by atoms with van der Waals surface area (Å²) in [6, 6.07) is 8.35. The highest BCUT2D eigenvalue weighted by molar-refractivity contribution is 14.1. The molecule has 1 aromatic rings. The maximum absolute atomic E-state index is 3.69. The number of hydrogen-bond donors (Lipinski definition) is 0. The van der Waals surface area contributed by atoms with Gasteiger partial charge in [0.15, 0.2) is 0 Å². The summed E-state index contributed by atoms with van der Waals surface area (Å²) in [5, 5.41) is 0. The molecule has 0 aromatic heterocycles. The van der Waals surface area contributed by atoms with Crippen LogP contribution in [0.4, 0.5) is 0 Å². The predicted molar refractivity (Wildman–Crippen MR) is 53.1 cm³/mol. The molecule has 0 N–H and O–H groups in total. The van der Waals surface area contributed by atoms with E-state index in [0.29, 0.717) is 0 Å². The van der Waals surface area contributed by atoms with Crippen molar-refractivity contribution < 1.29 is 0 Å². The molecule has 10 heavy (non-hydrogen) atoms. The SMILES string of the molecule is C=CCc1ccccc1I. The van der Waals surface area contributed by atoms with Gasteiger partial charge in [0.2, 0.25) is 0 Å². The molecule has 0 spiro atoms. The van der Waals surface area contributed by atoms with Crippen LogP contribution in [-0.2, 0) is 6.42 Å². The van der Waals surface area contributed by atoms with E-state index in [4.69, 9.17) is 0 Å². The van der Waals surface area contributed by atoms with Crippen molar-refractivity contribution in [3.05, 3.63) is 46.1 Å². The van der Waals surface area contributed by atoms with Gasteiger partial charge in [0.25, 0.3) is 0 Å². The van der Waals surface area contributed by atoms with E-state index in [1.807, 2.05) is 12.1 Å². The average molecular weight is 244 g/mol. The molecular weight excluding hydrogens is 235 g/mol. The first-order valence-electron chi connectivity index (χ1n) is 3.19. The molecule has 0 bridgehead atoms. The molecule has 0 atom stereocenters. The lowest BCUT2D eigenvalue weighted by atomic mass is 10.2. The fraction of sp³-hybridized carbons (Fsp3) is 0.111. The molecule has 0 heterocycles. The van der Waals surface area contributed by atoms with Crippen LogP contribution in [0.1, 0.15) is 5.56 Å². The first-order valence-corrected chi connectivity index (χ1v) is 4.27. The van der Waals surface area contributed by atoms with Crippen molar-refractivity contribution >= 4 is 22.6 Å². The molecule has 0 radical (unpaired) electrons. The monoisotopic (exact) mass is 244 g/mol. The lowest BCUT2D eigenvalue weighted by Gasteiger charge is -1.97. The first-order chi connectivity index (χ1) is 4.84. The van der Waals surface area contributed by atoms with Crippen molar-refractivity contribution in [1.82, 2.24) is 0 Å². The minimum Gasteiger partial charge on any atom is -0.103 e. The van der Waals surface area contributed by atoms with E-state index in [-0.39, 0.29) is 0 Å². The van der Waals surface area contributed by atoms with Crippen molar-refractivity contribution in [1.29, 1.82) is 0 Å². The molecule has 0 saturated heterocycles. The van der Waals surface area contributed by atoms with Crippen molar-refractivity contribution in [2.45, 2.75) is 6.42 Å². The van der Waals surface area contributed by atoms with Crippen LogP contribution in [-0.4, -0.2) is 0 Å². The molecule has 0 fully saturated rings. The quantitative estimate of drug-likeness (QED) is 0.554.